The molecule has 6 heteroatoms. The van der Waals surface area contributed by atoms with Crippen LogP contribution in [0.5, 0.6) is 0 Å². The first kappa shape index (κ1) is 15.7. The Labute approximate surface area is 138 Å². The van der Waals surface area contributed by atoms with E-state index in [2.05, 4.69) is 9.99 Å². The maximum atomic E-state index is 11.6. The lowest BCUT2D eigenvalue weighted by atomic mass is 10.1. The molecule has 0 spiro atoms. The smallest absolute Gasteiger partial charge is 0.367 e. The number of nitrogens with zero attached hydrogens (tertiary/aromatic N) is 1. The summed E-state index contributed by atoms with van der Waals surface area (Å²) in [5.41, 5.74) is 2.17. The van der Waals surface area contributed by atoms with Crippen LogP contribution >= 0.6 is 0 Å². The second-order valence-electron chi connectivity index (χ2n) is 5.11. The number of furan rings is 1. The lowest BCUT2D eigenvalue weighted by molar-refractivity contribution is -0.136. The van der Waals surface area contributed by atoms with Crippen LogP contribution in [0.2, 0.25) is 0 Å². The number of hydrogen-bond donors (Lipinski definition) is 0. The predicted molar refractivity (Wildman–Crippen MR) is 87.3 cm³/mol. The minimum atomic E-state index is -0.496. The summed E-state index contributed by atoms with van der Waals surface area (Å²) in [5.74, 6) is 0.286. The van der Waals surface area contributed by atoms with Crippen LogP contribution in [-0.4, -0.2) is 24.3 Å². The molecule has 6 nitrogen and oxygen atoms in total. The number of carbonyl (C=O) groups is 2. The molecule has 2 heterocycles. The van der Waals surface area contributed by atoms with Crippen molar-refractivity contribution in [2.24, 2.45) is 5.16 Å². The summed E-state index contributed by atoms with van der Waals surface area (Å²) >= 11 is 0. The zero-order valence-electron chi connectivity index (χ0n) is 13.2. The molecule has 1 aromatic carbocycles. The van der Waals surface area contributed by atoms with Crippen molar-refractivity contribution >= 4 is 23.7 Å². The Hall–Kier alpha value is -3.15. The molecule has 0 bridgehead atoms. The van der Waals surface area contributed by atoms with Gasteiger partial charge in [0.05, 0.1) is 23.5 Å². The van der Waals surface area contributed by atoms with E-state index < -0.39 is 5.97 Å². The fraction of sp³-hybridized carbons (Fsp3) is 0.167. The SMILES string of the molecule is CCOC(=O)c1ccc(-c2ccc(/C=C3\C(=O)ON=C3C)o2)cc1. The van der Waals surface area contributed by atoms with Crippen molar-refractivity contribution in [3.05, 3.63) is 53.3 Å². The summed E-state index contributed by atoms with van der Waals surface area (Å²) in [6, 6.07) is 10.5. The van der Waals surface area contributed by atoms with Crippen LogP contribution in [-0.2, 0) is 14.4 Å². The average molecular weight is 325 g/mol. The Balaban J connectivity index is 1.81. The van der Waals surface area contributed by atoms with Crippen LogP contribution in [0.1, 0.15) is 30.0 Å². The first-order valence-electron chi connectivity index (χ1n) is 7.44. The summed E-state index contributed by atoms with van der Waals surface area (Å²) in [6.07, 6.45) is 1.59. The van der Waals surface area contributed by atoms with Gasteiger partial charge in [-0.3, -0.25) is 0 Å². The van der Waals surface area contributed by atoms with Crippen LogP contribution in [0.4, 0.5) is 0 Å². The lowest BCUT2D eigenvalue weighted by Gasteiger charge is -2.02. The van der Waals surface area contributed by atoms with Crippen molar-refractivity contribution in [3.63, 3.8) is 0 Å². The molecule has 122 valence electrons. The molecule has 0 radical (unpaired) electrons. The Morgan fingerprint density at radius 3 is 2.58 bits per heavy atom. The van der Waals surface area contributed by atoms with Gasteiger partial charge in [-0.1, -0.05) is 17.3 Å². The van der Waals surface area contributed by atoms with Gasteiger partial charge in [-0.2, -0.15) is 0 Å². The maximum absolute atomic E-state index is 11.6. The van der Waals surface area contributed by atoms with E-state index in [1.807, 2.05) is 0 Å². The number of rotatable bonds is 4. The van der Waals surface area contributed by atoms with Crippen LogP contribution in [0.25, 0.3) is 17.4 Å². The van der Waals surface area contributed by atoms with E-state index in [1.165, 1.54) is 0 Å². The van der Waals surface area contributed by atoms with Gasteiger partial charge in [-0.25, -0.2) is 9.59 Å². The molecule has 0 saturated heterocycles. The van der Waals surface area contributed by atoms with Gasteiger partial charge in [0.2, 0.25) is 0 Å². The van der Waals surface area contributed by atoms with Gasteiger partial charge >= 0.3 is 11.9 Å². The topological polar surface area (TPSA) is 78.1 Å². The molecule has 0 fully saturated rings. The molecule has 1 aromatic heterocycles. The summed E-state index contributed by atoms with van der Waals surface area (Å²) in [7, 11) is 0. The molecule has 0 atom stereocenters. The predicted octanol–water partition coefficient (Wildman–Crippen LogP) is 3.44. The largest absolute Gasteiger partial charge is 0.462 e. The second-order valence-corrected chi connectivity index (χ2v) is 5.11. The number of carbonyl (C=O) groups excluding carboxylic acids is 2. The maximum Gasteiger partial charge on any atom is 0.367 e. The van der Waals surface area contributed by atoms with Crippen molar-refractivity contribution in [2.45, 2.75) is 13.8 Å². The third kappa shape index (κ3) is 3.12. The fourth-order valence-corrected chi connectivity index (χ4v) is 2.23. The molecule has 0 saturated carbocycles. The molecule has 1 aliphatic heterocycles. The zero-order valence-corrected chi connectivity index (χ0v) is 13.2. The summed E-state index contributed by atoms with van der Waals surface area (Å²) in [5, 5.41) is 3.61. The van der Waals surface area contributed by atoms with Crippen molar-refractivity contribution < 1.29 is 23.6 Å². The number of oxime groups is 1. The first-order valence-corrected chi connectivity index (χ1v) is 7.44. The van der Waals surface area contributed by atoms with Gasteiger partial charge in [-0.15, -0.1) is 0 Å². The summed E-state index contributed by atoms with van der Waals surface area (Å²) < 4.78 is 10.7. The van der Waals surface area contributed by atoms with Gasteiger partial charge in [0.1, 0.15) is 11.5 Å². The Morgan fingerprint density at radius 2 is 1.96 bits per heavy atom. The monoisotopic (exact) mass is 325 g/mol. The van der Waals surface area contributed by atoms with E-state index >= 15 is 0 Å². The molecule has 3 rings (SSSR count). The Morgan fingerprint density at radius 1 is 1.21 bits per heavy atom. The standard InChI is InChI=1S/C18H15NO5/c1-3-22-17(20)13-6-4-12(5-7-13)16-9-8-14(23-16)10-15-11(2)19-24-18(15)21/h4-10H,3H2,1-2H3/b15-10-. The van der Waals surface area contributed by atoms with E-state index in [9.17, 15) is 9.59 Å². The van der Waals surface area contributed by atoms with Gasteiger partial charge in [0.15, 0.2) is 0 Å². The van der Waals surface area contributed by atoms with Gasteiger partial charge in [-0.05, 0) is 44.2 Å². The van der Waals surface area contributed by atoms with Crippen LogP contribution in [0.3, 0.4) is 0 Å². The summed E-state index contributed by atoms with van der Waals surface area (Å²) in [4.78, 5) is 27.8. The molecule has 24 heavy (non-hydrogen) atoms. The molecular formula is C18H15NO5. The highest BCUT2D eigenvalue weighted by Gasteiger charge is 2.22. The molecule has 0 unspecified atom stereocenters. The van der Waals surface area contributed by atoms with Gasteiger partial charge < -0.3 is 14.0 Å². The minimum Gasteiger partial charge on any atom is -0.462 e. The number of benzene rings is 1. The van der Waals surface area contributed by atoms with E-state index in [1.54, 1.807) is 56.3 Å². The molecular weight excluding hydrogens is 310 g/mol. The molecule has 0 N–H and O–H groups in total. The van der Waals surface area contributed by atoms with Crippen molar-refractivity contribution in [1.29, 1.82) is 0 Å². The number of esters is 1. The molecule has 2 aromatic rings. The van der Waals surface area contributed by atoms with Crippen LogP contribution in [0.15, 0.2) is 51.5 Å². The van der Waals surface area contributed by atoms with Crippen LogP contribution in [0, 0.1) is 0 Å². The third-order valence-corrected chi connectivity index (χ3v) is 3.47. The van der Waals surface area contributed by atoms with E-state index in [-0.39, 0.29) is 5.97 Å². The zero-order chi connectivity index (χ0) is 17.1. The molecule has 0 amide bonds. The highest BCUT2D eigenvalue weighted by molar-refractivity contribution is 6.24. The minimum absolute atomic E-state index is 0.335. The normalized spacial score (nSPS) is 15.3. The average Bonchev–Trinajstić information content (AvgIpc) is 3.17. The number of hydrogen-bond acceptors (Lipinski definition) is 6. The van der Waals surface area contributed by atoms with Crippen molar-refractivity contribution in [3.8, 4) is 11.3 Å². The molecule has 0 aliphatic carbocycles. The Bertz CT molecular complexity index is 843. The van der Waals surface area contributed by atoms with Gasteiger partial charge in [0, 0.05) is 5.56 Å². The highest BCUT2D eigenvalue weighted by atomic mass is 16.7. The van der Waals surface area contributed by atoms with Crippen molar-refractivity contribution in [2.75, 3.05) is 6.61 Å². The van der Waals surface area contributed by atoms with Crippen LogP contribution < -0.4 is 0 Å². The van der Waals surface area contributed by atoms with E-state index in [0.717, 1.165) is 5.56 Å². The van der Waals surface area contributed by atoms with E-state index in [4.69, 9.17) is 9.15 Å². The quantitative estimate of drug-likeness (QED) is 0.489. The summed E-state index contributed by atoms with van der Waals surface area (Å²) in [6.45, 7) is 3.79. The third-order valence-electron chi connectivity index (χ3n) is 3.47. The lowest BCUT2D eigenvalue weighted by Crippen LogP contribution is -2.03. The van der Waals surface area contributed by atoms with Gasteiger partial charge in [0.25, 0.3) is 0 Å². The molecule has 1 aliphatic rings. The van der Waals surface area contributed by atoms with Crippen molar-refractivity contribution in [1.82, 2.24) is 0 Å². The van der Waals surface area contributed by atoms with E-state index in [0.29, 0.717) is 35.0 Å². The second kappa shape index (κ2) is 6.54. The number of ether oxygens (including phenoxy) is 1. The Kier molecular flexibility index (Phi) is 4.29. The highest BCUT2D eigenvalue weighted by Crippen LogP contribution is 2.25. The fourth-order valence-electron chi connectivity index (χ4n) is 2.23. The first-order chi connectivity index (χ1) is 11.6.